The summed E-state index contributed by atoms with van der Waals surface area (Å²) in [6, 6.07) is 13.2. The molecule has 198 valence electrons. The summed E-state index contributed by atoms with van der Waals surface area (Å²) in [6.45, 7) is 4.45. The highest BCUT2D eigenvalue weighted by molar-refractivity contribution is 7.18. The van der Waals surface area contributed by atoms with E-state index in [4.69, 9.17) is 4.74 Å². The van der Waals surface area contributed by atoms with E-state index in [9.17, 15) is 14.7 Å². The monoisotopic (exact) mass is 532 g/mol. The molecule has 9 heteroatoms. The van der Waals surface area contributed by atoms with E-state index in [1.165, 1.54) is 11.3 Å². The van der Waals surface area contributed by atoms with Gasteiger partial charge in [0.1, 0.15) is 4.88 Å². The van der Waals surface area contributed by atoms with E-state index < -0.39 is 5.97 Å². The molecule has 0 bridgehead atoms. The smallest absolute Gasteiger partial charge is 0.348 e. The fourth-order valence-electron chi connectivity index (χ4n) is 5.23. The fourth-order valence-corrected chi connectivity index (χ4v) is 6.22. The molecule has 0 aliphatic heterocycles. The van der Waals surface area contributed by atoms with Crippen LogP contribution in [0.25, 0.3) is 27.3 Å². The Morgan fingerprint density at radius 3 is 2.53 bits per heavy atom. The SMILES string of the molecule is COCC(C)N(c1cc(-c2ccc(-c3cc4ncccn4n3)cc2)sc1C(=O)O)C(=O)[C@H]1CC[C@H](C)CC1. The van der Waals surface area contributed by atoms with E-state index in [0.29, 0.717) is 18.2 Å². The van der Waals surface area contributed by atoms with Crippen LogP contribution in [0.1, 0.15) is 49.2 Å². The Morgan fingerprint density at radius 2 is 1.87 bits per heavy atom. The second kappa shape index (κ2) is 11.0. The molecule has 0 spiro atoms. The van der Waals surface area contributed by atoms with Crippen molar-refractivity contribution in [3.63, 3.8) is 0 Å². The highest BCUT2D eigenvalue weighted by Crippen LogP contribution is 2.40. The number of ether oxygens (including phenoxy) is 1. The van der Waals surface area contributed by atoms with Crippen LogP contribution in [0, 0.1) is 11.8 Å². The van der Waals surface area contributed by atoms with Crippen molar-refractivity contribution in [1.29, 1.82) is 0 Å². The van der Waals surface area contributed by atoms with Gasteiger partial charge in [0.15, 0.2) is 5.65 Å². The number of aromatic nitrogens is 3. The number of carboxylic acids is 1. The van der Waals surface area contributed by atoms with Crippen LogP contribution < -0.4 is 4.90 Å². The van der Waals surface area contributed by atoms with E-state index in [1.807, 2.05) is 55.6 Å². The number of thiophene rings is 1. The second-order valence-corrected chi connectivity index (χ2v) is 11.2. The predicted molar refractivity (Wildman–Crippen MR) is 149 cm³/mol. The van der Waals surface area contributed by atoms with Crippen LogP contribution in [0.5, 0.6) is 0 Å². The molecule has 1 aliphatic rings. The summed E-state index contributed by atoms with van der Waals surface area (Å²) in [4.78, 5) is 33.1. The number of fused-ring (bicyclic) bond motifs is 1. The van der Waals surface area contributed by atoms with Crippen LogP contribution in [0.3, 0.4) is 0 Å². The highest BCUT2D eigenvalue weighted by atomic mass is 32.1. The van der Waals surface area contributed by atoms with Crippen molar-refractivity contribution < 1.29 is 19.4 Å². The number of carboxylic acid groups (broad SMARTS) is 1. The molecule has 0 radical (unpaired) electrons. The van der Waals surface area contributed by atoms with Crippen molar-refractivity contribution in [2.45, 2.75) is 45.6 Å². The van der Waals surface area contributed by atoms with Gasteiger partial charge in [-0.05, 0) is 56.2 Å². The third kappa shape index (κ3) is 5.21. The Kier molecular flexibility index (Phi) is 7.58. The second-order valence-electron chi connectivity index (χ2n) is 10.1. The first-order chi connectivity index (χ1) is 18.4. The number of carbonyl (C=O) groups excluding carboxylic acids is 1. The zero-order chi connectivity index (χ0) is 26.8. The van der Waals surface area contributed by atoms with Crippen molar-refractivity contribution in [3.05, 3.63) is 59.7 Å². The molecule has 1 unspecified atom stereocenters. The third-order valence-corrected chi connectivity index (χ3v) is 8.48. The minimum absolute atomic E-state index is 0.0101. The summed E-state index contributed by atoms with van der Waals surface area (Å²) >= 11 is 1.19. The first-order valence-corrected chi connectivity index (χ1v) is 13.8. The fraction of sp³-hybridized carbons (Fsp3) is 0.379. The van der Waals surface area contributed by atoms with Crippen molar-refractivity contribution in [1.82, 2.24) is 14.6 Å². The molecule has 0 saturated heterocycles. The number of benzene rings is 1. The molecule has 38 heavy (non-hydrogen) atoms. The van der Waals surface area contributed by atoms with Gasteiger partial charge in [-0.1, -0.05) is 31.2 Å². The van der Waals surface area contributed by atoms with Gasteiger partial charge in [0.25, 0.3) is 0 Å². The van der Waals surface area contributed by atoms with Crippen LogP contribution in [0.2, 0.25) is 0 Å². The number of hydrogen-bond donors (Lipinski definition) is 1. The lowest BCUT2D eigenvalue weighted by molar-refractivity contribution is -0.124. The van der Waals surface area contributed by atoms with Gasteiger partial charge in [-0.3, -0.25) is 4.79 Å². The molecule has 1 fully saturated rings. The molecule has 3 heterocycles. The number of rotatable bonds is 8. The summed E-state index contributed by atoms with van der Waals surface area (Å²) in [7, 11) is 1.60. The maximum atomic E-state index is 13.8. The van der Waals surface area contributed by atoms with Crippen LogP contribution in [0.4, 0.5) is 5.69 Å². The number of amides is 1. The number of nitrogens with zero attached hydrogens (tertiary/aromatic N) is 4. The first-order valence-electron chi connectivity index (χ1n) is 13.0. The van der Waals surface area contributed by atoms with Crippen LogP contribution in [0.15, 0.2) is 54.9 Å². The molecule has 8 nitrogen and oxygen atoms in total. The van der Waals surface area contributed by atoms with E-state index >= 15 is 0 Å². The van der Waals surface area contributed by atoms with Gasteiger partial charge < -0.3 is 14.7 Å². The van der Waals surface area contributed by atoms with E-state index in [-0.39, 0.29) is 22.7 Å². The van der Waals surface area contributed by atoms with Gasteiger partial charge in [-0.2, -0.15) is 5.10 Å². The van der Waals surface area contributed by atoms with Crippen LogP contribution in [-0.2, 0) is 9.53 Å². The summed E-state index contributed by atoms with van der Waals surface area (Å²) in [5.41, 5.74) is 3.84. The Hall–Kier alpha value is -3.56. The standard InChI is InChI=1S/C29H32N4O4S/c1-18-5-7-22(8-6-18)28(34)33(19(2)17-37-3)24-16-25(38-27(24)29(35)36)21-11-9-20(10-12-21)23-15-26-30-13-4-14-32(26)31-23/h4,9-16,18-19,22H,5-8,17H2,1-3H3,(H,35,36)/t18-,19?,22-. The Morgan fingerprint density at radius 1 is 1.16 bits per heavy atom. The van der Waals surface area contributed by atoms with Crippen LogP contribution >= 0.6 is 11.3 Å². The summed E-state index contributed by atoms with van der Waals surface area (Å²) in [5.74, 6) is -0.533. The maximum absolute atomic E-state index is 13.8. The van der Waals surface area contributed by atoms with Crippen molar-refractivity contribution in [2.24, 2.45) is 11.8 Å². The average Bonchev–Trinajstić information content (AvgIpc) is 3.55. The van der Waals surface area contributed by atoms with Gasteiger partial charge >= 0.3 is 5.97 Å². The molecule has 1 aromatic carbocycles. The summed E-state index contributed by atoms with van der Waals surface area (Å²) in [6.07, 6.45) is 7.27. The van der Waals surface area contributed by atoms with Gasteiger partial charge in [0.05, 0.1) is 24.0 Å². The number of anilines is 1. The zero-order valence-corrected chi connectivity index (χ0v) is 22.6. The van der Waals surface area contributed by atoms with Gasteiger partial charge in [0, 0.05) is 41.9 Å². The molecular formula is C29H32N4O4S. The highest BCUT2D eigenvalue weighted by Gasteiger charge is 2.34. The predicted octanol–water partition coefficient (Wildman–Crippen LogP) is 6.02. The molecule has 1 amide bonds. The number of hydrogen-bond acceptors (Lipinski definition) is 6. The molecule has 1 atom stereocenters. The minimum atomic E-state index is -1.04. The topological polar surface area (TPSA) is 97.0 Å². The number of aromatic carboxylic acids is 1. The lowest BCUT2D eigenvalue weighted by atomic mass is 9.82. The molecule has 1 saturated carbocycles. The Bertz CT molecular complexity index is 1400. The molecule has 1 aliphatic carbocycles. The molecule has 4 aromatic rings. The van der Waals surface area contributed by atoms with Gasteiger partial charge in [-0.15, -0.1) is 11.3 Å². The van der Waals surface area contributed by atoms with Crippen molar-refractivity contribution >= 4 is 34.5 Å². The minimum Gasteiger partial charge on any atom is -0.477 e. The number of carbonyl (C=O) groups is 2. The zero-order valence-electron chi connectivity index (χ0n) is 21.8. The Balaban J connectivity index is 1.48. The lowest BCUT2D eigenvalue weighted by Crippen LogP contribution is -2.45. The molecule has 1 N–H and O–H groups in total. The van der Waals surface area contributed by atoms with E-state index in [2.05, 4.69) is 17.0 Å². The molecule has 3 aromatic heterocycles. The van der Waals surface area contributed by atoms with Crippen molar-refractivity contribution in [3.8, 4) is 21.7 Å². The molecule has 5 rings (SSSR count). The maximum Gasteiger partial charge on any atom is 0.348 e. The third-order valence-electron chi connectivity index (χ3n) is 7.32. The Labute approximate surface area is 225 Å². The summed E-state index contributed by atoms with van der Waals surface area (Å²) < 4.78 is 7.11. The number of methoxy groups -OCH3 is 1. The van der Waals surface area contributed by atoms with Crippen LogP contribution in [-0.4, -0.2) is 51.3 Å². The van der Waals surface area contributed by atoms with Crippen molar-refractivity contribution in [2.75, 3.05) is 18.6 Å². The average molecular weight is 533 g/mol. The van der Waals surface area contributed by atoms with E-state index in [0.717, 1.165) is 53.0 Å². The lowest BCUT2D eigenvalue weighted by Gasteiger charge is -2.34. The van der Waals surface area contributed by atoms with Gasteiger partial charge in [0.2, 0.25) is 5.91 Å². The van der Waals surface area contributed by atoms with E-state index in [1.54, 1.807) is 22.7 Å². The largest absolute Gasteiger partial charge is 0.477 e. The quantitative estimate of drug-likeness (QED) is 0.298. The normalized spacial score (nSPS) is 18.4. The molecular weight excluding hydrogens is 500 g/mol. The summed E-state index contributed by atoms with van der Waals surface area (Å²) in [5, 5.41) is 14.7. The first kappa shape index (κ1) is 26.1. The van der Waals surface area contributed by atoms with Gasteiger partial charge in [-0.25, -0.2) is 14.3 Å².